The van der Waals surface area contributed by atoms with Crippen molar-refractivity contribution in [2.75, 3.05) is 5.32 Å². The van der Waals surface area contributed by atoms with Gasteiger partial charge in [-0.05, 0) is 68.1 Å². The maximum Gasteiger partial charge on any atom is 0.265 e. The van der Waals surface area contributed by atoms with Gasteiger partial charge < -0.3 is 10.1 Å². The number of aryl methyl sites for hydroxylation is 3. The van der Waals surface area contributed by atoms with Gasteiger partial charge in [-0.2, -0.15) is 0 Å². The molecule has 0 saturated carbocycles. The molecule has 1 amide bonds. The predicted molar refractivity (Wildman–Crippen MR) is 95.1 cm³/mol. The van der Waals surface area contributed by atoms with Gasteiger partial charge in [0.25, 0.3) is 5.91 Å². The highest BCUT2D eigenvalue weighted by atomic mass is 16.5. The molecule has 2 aromatic rings. The van der Waals surface area contributed by atoms with Crippen molar-refractivity contribution >= 4 is 11.6 Å². The van der Waals surface area contributed by atoms with Crippen molar-refractivity contribution in [3.63, 3.8) is 0 Å². The van der Waals surface area contributed by atoms with Gasteiger partial charge in [0.1, 0.15) is 5.75 Å². The molecule has 0 aliphatic rings. The van der Waals surface area contributed by atoms with E-state index in [-0.39, 0.29) is 5.91 Å². The molecular formula is C20H25NO2. The van der Waals surface area contributed by atoms with Crippen LogP contribution >= 0.6 is 0 Å². The molecule has 23 heavy (non-hydrogen) atoms. The lowest BCUT2D eigenvalue weighted by Crippen LogP contribution is -2.30. The van der Waals surface area contributed by atoms with Gasteiger partial charge in [0, 0.05) is 5.69 Å². The van der Waals surface area contributed by atoms with Crippen LogP contribution in [0, 0.1) is 13.8 Å². The van der Waals surface area contributed by atoms with Gasteiger partial charge in [-0.25, -0.2) is 0 Å². The molecule has 1 N–H and O–H groups in total. The van der Waals surface area contributed by atoms with Crippen LogP contribution in [-0.2, 0) is 11.2 Å². The zero-order valence-corrected chi connectivity index (χ0v) is 14.3. The second-order valence-corrected chi connectivity index (χ2v) is 5.94. The normalized spacial score (nSPS) is 11.8. The highest BCUT2D eigenvalue weighted by Crippen LogP contribution is 2.17. The number of amides is 1. The van der Waals surface area contributed by atoms with Crippen molar-refractivity contribution in [3.05, 3.63) is 59.2 Å². The molecule has 0 radical (unpaired) electrons. The van der Waals surface area contributed by atoms with Gasteiger partial charge in [-0.1, -0.05) is 31.5 Å². The first kappa shape index (κ1) is 17.1. The summed E-state index contributed by atoms with van der Waals surface area (Å²) in [5.41, 5.74) is 4.45. The van der Waals surface area contributed by atoms with E-state index in [1.807, 2.05) is 49.4 Å². The van der Waals surface area contributed by atoms with Gasteiger partial charge >= 0.3 is 0 Å². The molecule has 2 aromatic carbocycles. The molecule has 3 heteroatoms. The van der Waals surface area contributed by atoms with Crippen molar-refractivity contribution in [1.29, 1.82) is 0 Å². The summed E-state index contributed by atoms with van der Waals surface area (Å²) in [6.45, 7) is 8.00. The van der Waals surface area contributed by atoms with Crippen LogP contribution in [0.15, 0.2) is 42.5 Å². The number of ether oxygens (including phenoxy) is 1. The zero-order valence-electron chi connectivity index (χ0n) is 14.3. The van der Waals surface area contributed by atoms with Crippen molar-refractivity contribution in [2.45, 2.75) is 46.6 Å². The number of benzene rings is 2. The number of carbonyl (C=O) groups excluding carboxylic acids is 1. The quantitative estimate of drug-likeness (QED) is 0.842. The Morgan fingerprint density at radius 2 is 1.78 bits per heavy atom. The molecule has 3 nitrogen and oxygen atoms in total. The number of hydrogen-bond acceptors (Lipinski definition) is 2. The fourth-order valence-electron chi connectivity index (χ4n) is 2.34. The lowest BCUT2D eigenvalue weighted by molar-refractivity contribution is -0.122. The number of nitrogens with one attached hydrogen (secondary N) is 1. The van der Waals surface area contributed by atoms with Crippen LogP contribution < -0.4 is 10.1 Å². The molecule has 0 fully saturated rings. The molecule has 1 atom stereocenters. The second kappa shape index (κ2) is 7.82. The highest BCUT2D eigenvalue weighted by molar-refractivity contribution is 5.94. The first-order valence-corrected chi connectivity index (χ1v) is 8.13. The van der Waals surface area contributed by atoms with E-state index >= 15 is 0 Å². The minimum atomic E-state index is -0.548. The number of anilines is 1. The van der Waals surface area contributed by atoms with E-state index in [1.54, 1.807) is 6.92 Å². The van der Waals surface area contributed by atoms with Crippen LogP contribution in [0.3, 0.4) is 0 Å². The summed E-state index contributed by atoms with van der Waals surface area (Å²) >= 11 is 0. The fourth-order valence-corrected chi connectivity index (χ4v) is 2.34. The van der Waals surface area contributed by atoms with Crippen LogP contribution in [0.4, 0.5) is 5.69 Å². The third-order valence-electron chi connectivity index (χ3n) is 3.92. The van der Waals surface area contributed by atoms with Crippen molar-refractivity contribution in [3.8, 4) is 5.75 Å². The van der Waals surface area contributed by atoms with Crippen LogP contribution in [0.1, 0.15) is 37.0 Å². The molecule has 0 spiro atoms. The van der Waals surface area contributed by atoms with E-state index in [9.17, 15) is 4.79 Å². The third-order valence-corrected chi connectivity index (χ3v) is 3.92. The maximum absolute atomic E-state index is 12.2. The van der Waals surface area contributed by atoms with Crippen molar-refractivity contribution < 1.29 is 9.53 Å². The summed E-state index contributed by atoms with van der Waals surface area (Å²) in [5.74, 6) is 0.568. The molecule has 0 aliphatic carbocycles. The van der Waals surface area contributed by atoms with Crippen LogP contribution in [-0.4, -0.2) is 12.0 Å². The van der Waals surface area contributed by atoms with Crippen molar-refractivity contribution in [2.24, 2.45) is 0 Å². The smallest absolute Gasteiger partial charge is 0.265 e. The Kier molecular flexibility index (Phi) is 5.80. The van der Waals surface area contributed by atoms with Gasteiger partial charge in [0.05, 0.1) is 0 Å². The Labute approximate surface area is 138 Å². The average molecular weight is 311 g/mol. The lowest BCUT2D eigenvalue weighted by atomic mass is 10.1. The van der Waals surface area contributed by atoms with Gasteiger partial charge in [-0.3, -0.25) is 4.79 Å². The molecule has 1 unspecified atom stereocenters. The van der Waals surface area contributed by atoms with Gasteiger partial charge in [-0.15, -0.1) is 0 Å². The molecule has 122 valence electrons. The summed E-state index contributed by atoms with van der Waals surface area (Å²) < 4.78 is 5.72. The van der Waals surface area contributed by atoms with Gasteiger partial charge in [0.15, 0.2) is 6.10 Å². The molecule has 0 aromatic heterocycles. The molecule has 0 aliphatic heterocycles. The standard InChI is InChI=1S/C20H25NO2/c1-5-6-17-8-11-19(12-9-17)23-16(4)20(22)21-18-10-7-14(2)15(3)13-18/h7-13,16H,5-6H2,1-4H3,(H,21,22). The van der Waals surface area contributed by atoms with E-state index in [1.165, 1.54) is 11.1 Å². The van der Waals surface area contributed by atoms with E-state index in [0.717, 1.165) is 24.1 Å². The third kappa shape index (κ3) is 4.85. The summed E-state index contributed by atoms with van der Waals surface area (Å²) in [6.07, 6.45) is 1.63. The van der Waals surface area contributed by atoms with E-state index < -0.39 is 6.10 Å². The van der Waals surface area contributed by atoms with E-state index in [4.69, 9.17) is 4.74 Å². The summed E-state index contributed by atoms with van der Waals surface area (Å²) in [5, 5.41) is 2.90. The number of carbonyl (C=O) groups is 1. The van der Waals surface area contributed by atoms with Gasteiger partial charge in [0.2, 0.25) is 0 Å². The number of hydrogen-bond donors (Lipinski definition) is 1. The molecule has 0 heterocycles. The zero-order chi connectivity index (χ0) is 16.8. The summed E-state index contributed by atoms with van der Waals surface area (Å²) in [7, 11) is 0. The van der Waals surface area contributed by atoms with Crippen molar-refractivity contribution in [1.82, 2.24) is 0 Å². The van der Waals surface area contributed by atoms with E-state index in [0.29, 0.717) is 5.75 Å². The molecule has 0 saturated heterocycles. The second-order valence-electron chi connectivity index (χ2n) is 5.94. The summed E-state index contributed by atoms with van der Waals surface area (Å²) in [4.78, 5) is 12.2. The Morgan fingerprint density at radius 1 is 1.09 bits per heavy atom. The highest BCUT2D eigenvalue weighted by Gasteiger charge is 2.15. The largest absolute Gasteiger partial charge is 0.481 e. The molecular weight excluding hydrogens is 286 g/mol. The first-order chi connectivity index (χ1) is 11.0. The Hall–Kier alpha value is -2.29. The minimum Gasteiger partial charge on any atom is -0.481 e. The molecule has 2 rings (SSSR count). The topological polar surface area (TPSA) is 38.3 Å². The predicted octanol–water partition coefficient (Wildman–Crippen LogP) is 4.66. The average Bonchev–Trinajstić information content (AvgIpc) is 2.53. The van der Waals surface area contributed by atoms with Crippen LogP contribution in [0.5, 0.6) is 5.75 Å². The SMILES string of the molecule is CCCc1ccc(OC(C)C(=O)Nc2ccc(C)c(C)c2)cc1. The summed E-state index contributed by atoms with van der Waals surface area (Å²) in [6, 6.07) is 13.8. The monoisotopic (exact) mass is 311 g/mol. The van der Waals surface area contributed by atoms with E-state index in [2.05, 4.69) is 19.2 Å². The van der Waals surface area contributed by atoms with Crippen LogP contribution in [0.25, 0.3) is 0 Å². The van der Waals surface area contributed by atoms with Crippen LogP contribution in [0.2, 0.25) is 0 Å². The minimum absolute atomic E-state index is 0.147. The molecule has 0 bridgehead atoms. The maximum atomic E-state index is 12.2. The lowest BCUT2D eigenvalue weighted by Gasteiger charge is -2.15. The first-order valence-electron chi connectivity index (χ1n) is 8.13. The Morgan fingerprint density at radius 3 is 2.39 bits per heavy atom. The number of rotatable bonds is 6. The fraction of sp³-hybridized carbons (Fsp3) is 0.350. The Balaban J connectivity index is 1.95. The Bertz CT molecular complexity index is 662.